The van der Waals surface area contributed by atoms with Crippen LogP contribution >= 0.6 is 0 Å². The van der Waals surface area contributed by atoms with E-state index in [1.165, 1.54) is 30.0 Å². The summed E-state index contributed by atoms with van der Waals surface area (Å²) in [6, 6.07) is 20.9. The number of unbranched alkanes of at least 4 members (excludes halogenated alkanes) is 1. The van der Waals surface area contributed by atoms with Gasteiger partial charge >= 0.3 is 8.56 Å². The highest BCUT2D eigenvalue weighted by atomic mass is 28.5. The van der Waals surface area contributed by atoms with Crippen LogP contribution in [0, 0.1) is 11.3 Å². The molecule has 2 aromatic carbocycles. The summed E-state index contributed by atoms with van der Waals surface area (Å²) in [4.78, 5) is 0. The van der Waals surface area contributed by atoms with Crippen LogP contribution in [0.3, 0.4) is 0 Å². The van der Waals surface area contributed by atoms with Gasteiger partial charge in [-0.15, -0.1) is 0 Å². The maximum Gasteiger partial charge on any atom is 0.311 e. The Hall–Kier alpha value is -1.50. The molecule has 0 spiro atoms. The summed E-state index contributed by atoms with van der Waals surface area (Å²) < 4.78 is 13.4. The summed E-state index contributed by atoms with van der Waals surface area (Å²) in [5.74, 6) is 0. The molecule has 0 radical (unpaired) electrons. The summed E-state index contributed by atoms with van der Waals surface area (Å²) in [7, 11) is -5.71. The summed E-state index contributed by atoms with van der Waals surface area (Å²) in [5.41, 5.74) is 4.31. The van der Waals surface area contributed by atoms with E-state index in [9.17, 15) is 0 Å². The quantitative estimate of drug-likeness (QED) is 0.354. The molecule has 0 unspecified atom stereocenters. The molecule has 0 aliphatic rings. The van der Waals surface area contributed by atoms with Crippen molar-refractivity contribution in [3.8, 4) is 17.2 Å². The molecule has 0 fully saturated rings. The standard InChI is InChI=1S/C24H37NO2Si3/c1-8-9-18-28(2,3)26-30(6,7)27-29(4,5)20-22-12-16-24(17-13-22)23-14-10-21(19-25)11-15-23/h10-17H,8-9,18,20H2,1-7H3. The molecule has 0 N–H and O–H groups in total. The van der Waals surface area contributed by atoms with Gasteiger partial charge in [-0.2, -0.15) is 5.26 Å². The van der Waals surface area contributed by atoms with E-state index in [-0.39, 0.29) is 0 Å². The first kappa shape index (κ1) is 24.8. The minimum absolute atomic E-state index is 0.690. The van der Waals surface area contributed by atoms with E-state index in [4.69, 9.17) is 13.5 Å². The zero-order valence-corrected chi connectivity index (χ0v) is 22.7. The average Bonchev–Trinajstić information content (AvgIpc) is 2.65. The SMILES string of the molecule is CCCC[Si](C)(C)O[Si](C)(C)O[Si](C)(C)Cc1ccc(-c2ccc(C#N)cc2)cc1. The molecule has 0 atom stereocenters. The molecular weight excluding hydrogens is 419 g/mol. The van der Waals surface area contributed by atoms with Gasteiger partial charge in [0.05, 0.1) is 11.6 Å². The molecule has 0 heterocycles. The van der Waals surface area contributed by atoms with Crippen molar-refractivity contribution in [1.29, 1.82) is 5.26 Å². The van der Waals surface area contributed by atoms with Gasteiger partial charge in [-0.25, -0.2) is 0 Å². The largest absolute Gasteiger partial charge is 0.437 e. The second-order valence-corrected chi connectivity index (χ2v) is 22.1. The predicted octanol–water partition coefficient (Wildman–Crippen LogP) is 7.25. The molecule has 0 aromatic heterocycles. The first-order valence-electron chi connectivity index (χ1n) is 11.0. The van der Waals surface area contributed by atoms with Crippen LogP contribution < -0.4 is 0 Å². The van der Waals surface area contributed by atoms with Gasteiger partial charge in [0.25, 0.3) is 0 Å². The van der Waals surface area contributed by atoms with E-state index in [0.29, 0.717) is 5.56 Å². The highest BCUT2D eigenvalue weighted by Crippen LogP contribution is 2.27. The number of benzene rings is 2. The van der Waals surface area contributed by atoms with E-state index < -0.39 is 25.2 Å². The molecule has 2 rings (SSSR count). The Morgan fingerprint density at radius 1 is 0.767 bits per heavy atom. The van der Waals surface area contributed by atoms with Gasteiger partial charge < -0.3 is 8.23 Å². The summed E-state index contributed by atoms with van der Waals surface area (Å²) in [6.07, 6.45) is 2.47. The van der Waals surface area contributed by atoms with Gasteiger partial charge in [0.15, 0.2) is 16.6 Å². The Bertz CT molecular complexity index is 854. The highest BCUT2D eigenvalue weighted by molar-refractivity contribution is 6.87. The summed E-state index contributed by atoms with van der Waals surface area (Å²) in [6.45, 7) is 16.0. The molecule has 0 bridgehead atoms. The lowest BCUT2D eigenvalue weighted by molar-refractivity contribution is 0.387. The Balaban J connectivity index is 2.02. The molecule has 0 aliphatic carbocycles. The van der Waals surface area contributed by atoms with Crippen LogP contribution in [0.15, 0.2) is 48.5 Å². The molecule has 162 valence electrons. The zero-order valence-electron chi connectivity index (χ0n) is 19.7. The second kappa shape index (κ2) is 10.2. The zero-order chi connectivity index (χ0) is 22.4. The smallest absolute Gasteiger partial charge is 0.311 e. The molecule has 0 aliphatic heterocycles. The Labute approximate surface area is 186 Å². The Morgan fingerprint density at radius 3 is 1.77 bits per heavy atom. The van der Waals surface area contributed by atoms with Crippen LogP contribution in [0.25, 0.3) is 11.1 Å². The molecule has 3 nitrogen and oxygen atoms in total. The summed E-state index contributed by atoms with van der Waals surface area (Å²) >= 11 is 0. The van der Waals surface area contributed by atoms with E-state index in [1.807, 2.05) is 24.3 Å². The van der Waals surface area contributed by atoms with Crippen LogP contribution in [0.5, 0.6) is 0 Å². The van der Waals surface area contributed by atoms with Crippen molar-refractivity contribution in [2.24, 2.45) is 0 Å². The molecule has 6 heteroatoms. The van der Waals surface area contributed by atoms with Crippen LogP contribution in [-0.4, -0.2) is 25.2 Å². The van der Waals surface area contributed by atoms with Crippen LogP contribution in [0.1, 0.15) is 30.9 Å². The van der Waals surface area contributed by atoms with Gasteiger partial charge in [-0.3, -0.25) is 0 Å². The van der Waals surface area contributed by atoms with Crippen molar-refractivity contribution in [2.75, 3.05) is 0 Å². The van der Waals surface area contributed by atoms with Crippen molar-refractivity contribution in [3.05, 3.63) is 59.7 Å². The maximum absolute atomic E-state index is 8.96. The van der Waals surface area contributed by atoms with Gasteiger partial charge in [0.2, 0.25) is 0 Å². The first-order chi connectivity index (χ1) is 14.0. The third-order valence-corrected chi connectivity index (χ3v) is 16.3. The van der Waals surface area contributed by atoms with E-state index in [0.717, 1.165) is 11.6 Å². The van der Waals surface area contributed by atoms with Gasteiger partial charge in [0, 0.05) is 0 Å². The van der Waals surface area contributed by atoms with Crippen molar-refractivity contribution < 1.29 is 8.23 Å². The molecule has 0 saturated heterocycles. The molecular formula is C24H37NO2Si3. The number of rotatable bonds is 10. The van der Waals surface area contributed by atoms with Crippen LogP contribution in [0.4, 0.5) is 0 Å². The predicted molar refractivity (Wildman–Crippen MR) is 135 cm³/mol. The lowest BCUT2D eigenvalue weighted by Crippen LogP contribution is -2.53. The fourth-order valence-electron chi connectivity index (χ4n) is 4.09. The average molecular weight is 456 g/mol. The lowest BCUT2D eigenvalue weighted by Gasteiger charge is -2.38. The fraction of sp³-hybridized carbons (Fsp3) is 0.458. The molecule has 0 amide bonds. The van der Waals surface area contributed by atoms with Gasteiger partial charge in [-0.1, -0.05) is 56.2 Å². The van der Waals surface area contributed by atoms with E-state index in [2.05, 4.69) is 76.5 Å². The molecule has 2 aromatic rings. The monoisotopic (exact) mass is 455 g/mol. The van der Waals surface area contributed by atoms with Crippen molar-refractivity contribution in [1.82, 2.24) is 0 Å². The maximum atomic E-state index is 8.96. The number of hydrogen-bond acceptors (Lipinski definition) is 3. The number of hydrogen-bond donors (Lipinski definition) is 0. The Kier molecular flexibility index (Phi) is 8.43. The third kappa shape index (κ3) is 7.97. The normalized spacial score (nSPS) is 12.6. The van der Waals surface area contributed by atoms with Crippen molar-refractivity contribution in [2.45, 2.75) is 71.1 Å². The molecule has 0 saturated carbocycles. The highest BCUT2D eigenvalue weighted by Gasteiger charge is 2.39. The van der Waals surface area contributed by atoms with Crippen molar-refractivity contribution in [3.63, 3.8) is 0 Å². The first-order valence-corrected chi connectivity index (χ1v) is 20.0. The number of nitriles is 1. The van der Waals surface area contributed by atoms with Crippen LogP contribution in [-0.2, 0) is 14.3 Å². The van der Waals surface area contributed by atoms with E-state index >= 15 is 0 Å². The third-order valence-electron chi connectivity index (χ3n) is 5.11. The number of nitrogens with zero attached hydrogens (tertiary/aromatic N) is 1. The fourth-order valence-corrected chi connectivity index (χ4v) is 18.4. The van der Waals surface area contributed by atoms with Crippen molar-refractivity contribution >= 4 is 25.2 Å². The minimum atomic E-state index is -2.15. The van der Waals surface area contributed by atoms with Gasteiger partial charge in [-0.05, 0) is 80.2 Å². The van der Waals surface area contributed by atoms with Crippen LogP contribution in [0.2, 0.25) is 45.3 Å². The summed E-state index contributed by atoms with van der Waals surface area (Å²) in [5, 5.41) is 8.96. The topological polar surface area (TPSA) is 42.2 Å². The van der Waals surface area contributed by atoms with E-state index in [1.54, 1.807) is 0 Å². The lowest BCUT2D eigenvalue weighted by atomic mass is 10.0. The molecule has 30 heavy (non-hydrogen) atoms. The van der Waals surface area contributed by atoms with Gasteiger partial charge in [0.1, 0.15) is 0 Å². The minimum Gasteiger partial charge on any atom is -0.437 e. The Morgan fingerprint density at radius 2 is 1.27 bits per heavy atom. The second-order valence-electron chi connectivity index (χ2n) is 9.79.